The zero-order valence-electron chi connectivity index (χ0n) is 11.3. The van der Waals surface area contributed by atoms with Crippen molar-refractivity contribution in [3.8, 4) is 11.5 Å². The fourth-order valence-corrected chi connectivity index (χ4v) is 2.38. The van der Waals surface area contributed by atoms with E-state index in [1.807, 2.05) is 24.3 Å². The van der Waals surface area contributed by atoms with Crippen LogP contribution in [-0.2, 0) is 5.88 Å². The van der Waals surface area contributed by atoms with Crippen LogP contribution in [0.25, 0.3) is 0 Å². The third kappa shape index (κ3) is 3.23. The first kappa shape index (κ1) is 14.2. The van der Waals surface area contributed by atoms with Crippen LogP contribution in [0.15, 0.2) is 30.3 Å². The molecule has 19 heavy (non-hydrogen) atoms. The molecule has 0 heterocycles. The van der Waals surface area contributed by atoms with E-state index in [0.29, 0.717) is 10.9 Å². The Kier molecular flexibility index (Phi) is 4.38. The van der Waals surface area contributed by atoms with Gasteiger partial charge in [0.15, 0.2) is 0 Å². The van der Waals surface area contributed by atoms with E-state index in [0.717, 1.165) is 22.6 Å². The average molecular weight is 295 g/mol. The lowest BCUT2D eigenvalue weighted by Crippen LogP contribution is -1.94. The van der Waals surface area contributed by atoms with Crippen LogP contribution < -0.4 is 4.74 Å². The molecule has 2 aromatic rings. The van der Waals surface area contributed by atoms with Crippen molar-refractivity contribution in [1.29, 1.82) is 0 Å². The molecule has 0 saturated heterocycles. The molecule has 0 fully saturated rings. The summed E-state index contributed by atoms with van der Waals surface area (Å²) in [5.41, 5.74) is 4.43. The second kappa shape index (κ2) is 5.85. The molecule has 2 rings (SSSR count). The van der Waals surface area contributed by atoms with Gasteiger partial charge in [-0.2, -0.15) is 0 Å². The highest BCUT2D eigenvalue weighted by Gasteiger charge is 2.09. The maximum atomic E-state index is 6.00. The number of halogens is 2. The summed E-state index contributed by atoms with van der Waals surface area (Å²) in [6.07, 6.45) is 0. The van der Waals surface area contributed by atoms with Gasteiger partial charge in [-0.15, -0.1) is 11.6 Å². The Bertz CT molecular complexity index is 606. The molecule has 0 N–H and O–H groups in total. The second-order valence-corrected chi connectivity index (χ2v) is 5.40. The fourth-order valence-electron chi connectivity index (χ4n) is 1.98. The largest absolute Gasteiger partial charge is 0.457 e. The molecule has 0 aromatic heterocycles. The van der Waals surface area contributed by atoms with Gasteiger partial charge in [-0.1, -0.05) is 17.7 Å². The van der Waals surface area contributed by atoms with Crippen molar-refractivity contribution in [1.82, 2.24) is 0 Å². The fraction of sp³-hybridized carbons (Fsp3) is 0.250. The van der Waals surface area contributed by atoms with Gasteiger partial charge in [0.2, 0.25) is 0 Å². The maximum Gasteiger partial charge on any atom is 0.131 e. The molecule has 100 valence electrons. The summed E-state index contributed by atoms with van der Waals surface area (Å²) in [7, 11) is 0. The van der Waals surface area contributed by atoms with Crippen LogP contribution in [0, 0.1) is 20.8 Å². The van der Waals surface area contributed by atoms with Gasteiger partial charge in [0.25, 0.3) is 0 Å². The van der Waals surface area contributed by atoms with Crippen LogP contribution >= 0.6 is 23.2 Å². The molecule has 2 aromatic carbocycles. The molecule has 0 radical (unpaired) electrons. The third-order valence-corrected chi connectivity index (χ3v) is 3.67. The lowest BCUT2D eigenvalue weighted by atomic mass is 10.1. The van der Waals surface area contributed by atoms with Crippen molar-refractivity contribution in [3.63, 3.8) is 0 Å². The Balaban J connectivity index is 2.41. The second-order valence-electron chi connectivity index (χ2n) is 4.69. The minimum atomic E-state index is 0.375. The molecular weight excluding hydrogens is 279 g/mol. The van der Waals surface area contributed by atoms with E-state index in [1.54, 1.807) is 0 Å². The third-order valence-electron chi connectivity index (χ3n) is 3.15. The van der Waals surface area contributed by atoms with E-state index in [1.165, 1.54) is 11.1 Å². The number of rotatable bonds is 3. The number of hydrogen-bond donors (Lipinski definition) is 0. The number of ether oxygens (including phenoxy) is 1. The molecule has 0 bridgehead atoms. The predicted octanol–water partition coefficient (Wildman–Crippen LogP) is 5.80. The molecule has 0 unspecified atom stereocenters. The van der Waals surface area contributed by atoms with Gasteiger partial charge in [-0.25, -0.2) is 0 Å². The first-order valence-electron chi connectivity index (χ1n) is 6.11. The summed E-state index contributed by atoms with van der Waals surface area (Å²) in [6, 6.07) is 9.69. The van der Waals surface area contributed by atoms with Crippen molar-refractivity contribution < 1.29 is 4.74 Å². The quantitative estimate of drug-likeness (QED) is 0.650. The summed E-state index contributed by atoms with van der Waals surface area (Å²) in [5.74, 6) is 2.00. The smallest absolute Gasteiger partial charge is 0.131 e. The lowest BCUT2D eigenvalue weighted by Gasteiger charge is -2.14. The number of aryl methyl sites for hydroxylation is 2. The number of benzene rings is 2. The summed E-state index contributed by atoms with van der Waals surface area (Å²) in [4.78, 5) is 0. The molecule has 0 atom stereocenters. The van der Waals surface area contributed by atoms with Crippen molar-refractivity contribution >= 4 is 23.2 Å². The molecule has 1 nitrogen and oxygen atoms in total. The summed E-state index contributed by atoms with van der Waals surface area (Å²) in [6.45, 7) is 6.20. The predicted molar refractivity (Wildman–Crippen MR) is 81.7 cm³/mol. The van der Waals surface area contributed by atoms with Crippen LogP contribution in [0.5, 0.6) is 11.5 Å². The zero-order chi connectivity index (χ0) is 14.0. The van der Waals surface area contributed by atoms with E-state index >= 15 is 0 Å². The van der Waals surface area contributed by atoms with Crippen LogP contribution in [-0.4, -0.2) is 0 Å². The molecule has 0 aliphatic rings. The standard InChI is InChI=1S/C16H16Cl2O/c1-10-6-11(2)12(3)16(7-10)19-15-5-4-14(18)8-13(15)9-17/h4-8H,9H2,1-3H3. The molecular formula is C16H16Cl2O. The van der Waals surface area contributed by atoms with E-state index in [9.17, 15) is 0 Å². The number of hydrogen-bond acceptors (Lipinski definition) is 1. The minimum absolute atomic E-state index is 0.375. The van der Waals surface area contributed by atoms with Crippen molar-refractivity contribution in [3.05, 3.63) is 57.6 Å². The van der Waals surface area contributed by atoms with Gasteiger partial charge in [0, 0.05) is 10.6 Å². The maximum absolute atomic E-state index is 6.00. The number of alkyl halides is 1. The van der Waals surface area contributed by atoms with E-state index in [4.69, 9.17) is 27.9 Å². The van der Waals surface area contributed by atoms with Crippen LogP contribution in [0.1, 0.15) is 22.3 Å². The van der Waals surface area contributed by atoms with Gasteiger partial charge < -0.3 is 4.74 Å². The molecule has 0 spiro atoms. The first-order valence-corrected chi connectivity index (χ1v) is 7.02. The van der Waals surface area contributed by atoms with Gasteiger partial charge >= 0.3 is 0 Å². The zero-order valence-corrected chi connectivity index (χ0v) is 12.8. The Labute approximate surface area is 124 Å². The van der Waals surface area contributed by atoms with E-state index < -0.39 is 0 Å². The van der Waals surface area contributed by atoms with Crippen LogP contribution in [0.4, 0.5) is 0 Å². The summed E-state index contributed by atoms with van der Waals surface area (Å²) >= 11 is 11.9. The Morgan fingerprint density at radius 1 is 1.00 bits per heavy atom. The molecule has 0 saturated carbocycles. The highest BCUT2D eigenvalue weighted by molar-refractivity contribution is 6.30. The molecule has 0 aliphatic heterocycles. The normalized spacial score (nSPS) is 10.6. The Hall–Kier alpha value is -1.18. The highest BCUT2D eigenvalue weighted by Crippen LogP contribution is 2.32. The van der Waals surface area contributed by atoms with E-state index in [2.05, 4.69) is 26.8 Å². The van der Waals surface area contributed by atoms with Crippen molar-refractivity contribution in [2.45, 2.75) is 26.7 Å². The Morgan fingerprint density at radius 3 is 2.42 bits per heavy atom. The summed E-state index contributed by atoms with van der Waals surface area (Å²) in [5, 5.41) is 0.667. The molecule has 3 heteroatoms. The van der Waals surface area contributed by atoms with Crippen molar-refractivity contribution in [2.24, 2.45) is 0 Å². The highest BCUT2D eigenvalue weighted by atomic mass is 35.5. The Morgan fingerprint density at radius 2 is 1.74 bits per heavy atom. The van der Waals surface area contributed by atoms with Crippen LogP contribution in [0.2, 0.25) is 5.02 Å². The lowest BCUT2D eigenvalue weighted by molar-refractivity contribution is 0.474. The van der Waals surface area contributed by atoms with Gasteiger partial charge in [-0.3, -0.25) is 0 Å². The summed E-state index contributed by atoms with van der Waals surface area (Å²) < 4.78 is 6.00. The van der Waals surface area contributed by atoms with Crippen LogP contribution in [0.3, 0.4) is 0 Å². The monoisotopic (exact) mass is 294 g/mol. The van der Waals surface area contributed by atoms with E-state index in [-0.39, 0.29) is 0 Å². The van der Waals surface area contributed by atoms with Gasteiger partial charge in [-0.05, 0) is 61.7 Å². The topological polar surface area (TPSA) is 9.23 Å². The molecule has 0 amide bonds. The first-order chi connectivity index (χ1) is 9.01. The van der Waals surface area contributed by atoms with Crippen molar-refractivity contribution in [2.75, 3.05) is 0 Å². The minimum Gasteiger partial charge on any atom is -0.457 e. The molecule has 0 aliphatic carbocycles. The SMILES string of the molecule is Cc1cc(C)c(C)c(Oc2ccc(Cl)cc2CCl)c1. The van der Waals surface area contributed by atoms with Gasteiger partial charge in [0.05, 0.1) is 5.88 Å². The average Bonchev–Trinajstić information content (AvgIpc) is 2.37. The van der Waals surface area contributed by atoms with Gasteiger partial charge in [0.1, 0.15) is 11.5 Å².